The van der Waals surface area contributed by atoms with E-state index in [1.54, 1.807) is 0 Å². The quantitative estimate of drug-likeness (QED) is 0.417. The monoisotopic (exact) mass is 392 g/mol. The SMILES string of the molecule is C#CCNS(=O)(=O)c1cccc(C(=O)OCC(=O)NC2CCCCCC2)c1. The Hall–Kier alpha value is -2.37. The molecule has 0 bridgehead atoms. The highest BCUT2D eigenvalue weighted by molar-refractivity contribution is 7.89. The highest BCUT2D eigenvalue weighted by Gasteiger charge is 2.18. The maximum atomic E-state index is 12.1. The number of terminal acetylenes is 1. The van der Waals surface area contributed by atoms with E-state index in [0.717, 1.165) is 25.7 Å². The third-order valence-corrected chi connectivity index (χ3v) is 5.70. The van der Waals surface area contributed by atoms with Crippen molar-refractivity contribution in [1.82, 2.24) is 10.0 Å². The van der Waals surface area contributed by atoms with Gasteiger partial charge >= 0.3 is 5.97 Å². The summed E-state index contributed by atoms with van der Waals surface area (Å²) in [5.41, 5.74) is 0.0425. The van der Waals surface area contributed by atoms with Crippen molar-refractivity contribution < 1.29 is 22.7 Å². The zero-order valence-corrected chi connectivity index (χ0v) is 15.9. The van der Waals surface area contributed by atoms with Crippen LogP contribution in [0.3, 0.4) is 0 Å². The molecule has 1 aliphatic rings. The topological polar surface area (TPSA) is 102 Å². The number of amides is 1. The Bertz CT molecular complexity index is 806. The van der Waals surface area contributed by atoms with E-state index < -0.39 is 22.6 Å². The first-order chi connectivity index (χ1) is 12.9. The molecule has 2 N–H and O–H groups in total. The van der Waals surface area contributed by atoms with Crippen LogP contribution in [0.2, 0.25) is 0 Å². The lowest BCUT2D eigenvalue weighted by atomic mass is 10.1. The van der Waals surface area contributed by atoms with Crippen molar-refractivity contribution in [3.8, 4) is 12.3 Å². The predicted molar refractivity (Wildman–Crippen MR) is 100 cm³/mol. The number of benzene rings is 1. The molecular formula is C19H24N2O5S. The maximum absolute atomic E-state index is 12.1. The van der Waals surface area contributed by atoms with Gasteiger partial charge in [0.15, 0.2) is 6.61 Å². The third kappa shape index (κ3) is 6.70. The average molecular weight is 392 g/mol. The van der Waals surface area contributed by atoms with Crippen LogP contribution in [0.1, 0.15) is 48.9 Å². The molecular weight excluding hydrogens is 368 g/mol. The Balaban J connectivity index is 1.91. The van der Waals surface area contributed by atoms with Crippen LogP contribution < -0.4 is 10.0 Å². The zero-order chi connectivity index (χ0) is 19.7. The van der Waals surface area contributed by atoms with Gasteiger partial charge in [0.2, 0.25) is 10.0 Å². The van der Waals surface area contributed by atoms with Crippen molar-refractivity contribution in [2.45, 2.75) is 49.5 Å². The van der Waals surface area contributed by atoms with E-state index in [1.165, 1.54) is 37.1 Å². The van der Waals surface area contributed by atoms with Crippen LogP contribution in [0.25, 0.3) is 0 Å². The van der Waals surface area contributed by atoms with Crippen molar-refractivity contribution in [2.24, 2.45) is 0 Å². The molecule has 1 saturated carbocycles. The van der Waals surface area contributed by atoms with Crippen LogP contribution in [-0.2, 0) is 19.6 Å². The fourth-order valence-corrected chi connectivity index (χ4v) is 3.90. The van der Waals surface area contributed by atoms with Crippen molar-refractivity contribution in [3.63, 3.8) is 0 Å². The molecule has 0 radical (unpaired) electrons. The minimum absolute atomic E-state index is 0.0425. The smallest absolute Gasteiger partial charge is 0.338 e. The van der Waals surface area contributed by atoms with Crippen LogP contribution in [0.15, 0.2) is 29.2 Å². The van der Waals surface area contributed by atoms with Crippen LogP contribution in [0, 0.1) is 12.3 Å². The second-order valence-corrected chi connectivity index (χ2v) is 8.16. The van der Waals surface area contributed by atoms with Crippen LogP contribution in [0.4, 0.5) is 0 Å². The lowest BCUT2D eigenvalue weighted by molar-refractivity contribution is -0.125. The van der Waals surface area contributed by atoms with Crippen molar-refractivity contribution >= 4 is 21.9 Å². The van der Waals surface area contributed by atoms with Gasteiger partial charge in [-0.05, 0) is 31.0 Å². The molecule has 1 fully saturated rings. The molecule has 27 heavy (non-hydrogen) atoms. The molecule has 8 heteroatoms. The number of rotatable bonds is 7. The summed E-state index contributed by atoms with van der Waals surface area (Å²) in [6.45, 7) is -0.556. The molecule has 1 amide bonds. The van der Waals surface area contributed by atoms with Gasteiger partial charge in [-0.3, -0.25) is 4.79 Å². The molecule has 0 aromatic heterocycles. The van der Waals surface area contributed by atoms with Crippen LogP contribution in [-0.4, -0.2) is 39.5 Å². The molecule has 0 saturated heterocycles. The van der Waals surface area contributed by atoms with Crippen LogP contribution >= 0.6 is 0 Å². The highest BCUT2D eigenvalue weighted by atomic mass is 32.2. The Kier molecular flexibility index (Phi) is 7.82. The normalized spacial score (nSPS) is 15.4. The summed E-state index contributed by atoms with van der Waals surface area (Å²) in [6.07, 6.45) is 11.4. The van der Waals surface area contributed by atoms with Crippen molar-refractivity contribution in [3.05, 3.63) is 29.8 Å². The lowest BCUT2D eigenvalue weighted by Gasteiger charge is -2.16. The number of carbonyl (C=O) groups excluding carboxylic acids is 2. The molecule has 0 unspecified atom stereocenters. The largest absolute Gasteiger partial charge is 0.452 e. The standard InChI is InChI=1S/C19H24N2O5S/c1-2-12-20-27(24,25)17-11-7-8-15(13-17)19(23)26-14-18(22)21-16-9-5-3-4-6-10-16/h1,7-8,11,13,16,20H,3-6,9-10,12,14H2,(H,21,22). The summed E-state index contributed by atoms with van der Waals surface area (Å²) in [5.74, 6) is 1.06. The summed E-state index contributed by atoms with van der Waals surface area (Å²) < 4.78 is 31.3. The first-order valence-corrected chi connectivity index (χ1v) is 10.4. The van der Waals surface area contributed by atoms with E-state index in [9.17, 15) is 18.0 Å². The molecule has 2 rings (SSSR count). The Morgan fingerprint density at radius 3 is 2.56 bits per heavy atom. The molecule has 146 valence electrons. The molecule has 0 atom stereocenters. The van der Waals surface area contributed by atoms with E-state index in [4.69, 9.17) is 11.2 Å². The highest BCUT2D eigenvalue weighted by Crippen LogP contribution is 2.17. The first kappa shape index (κ1) is 20.9. The van der Waals surface area contributed by atoms with Gasteiger partial charge in [0.1, 0.15) is 0 Å². The summed E-state index contributed by atoms with van der Waals surface area (Å²) >= 11 is 0. The van der Waals surface area contributed by atoms with Gasteiger partial charge in [-0.25, -0.2) is 13.2 Å². The molecule has 1 aromatic rings. The number of sulfonamides is 1. The van der Waals surface area contributed by atoms with Gasteiger partial charge in [0, 0.05) is 6.04 Å². The Labute approximate surface area is 159 Å². The number of hydrogen-bond donors (Lipinski definition) is 2. The van der Waals surface area contributed by atoms with E-state index in [1.807, 2.05) is 0 Å². The van der Waals surface area contributed by atoms with E-state index >= 15 is 0 Å². The van der Waals surface area contributed by atoms with Crippen molar-refractivity contribution in [2.75, 3.05) is 13.2 Å². The number of ether oxygens (including phenoxy) is 1. The summed E-state index contributed by atoms with van der Waals surface area (Å²) in [4.78, 5) is 24.0. The number of esters is 1. The van der Waals surface area contributed by atoms with Gasteiger partial charge in [-0.15, -0.1) is 6.42 Å². The van der Waals surface area contributed by atoms with E-state index in [0.29, 0.717) is 0 Å². The summed E-state index contributed by atoms with van der Waals surface area (Å²) in [5, 5.41) is 2.88. The molecule has 1 aliphatic carbocycles. The second kappa shape index (κ2) is 10.1. The van der Waals surface area contributed by atoms with Gasteiger partial charge in [0.05, 0.1) is 17.0 Å². The van der Waals surface area contributed by atoms with Gasteiger partial charge < -0.3 is 10.1 Å². The van der Waals surface area contributed by atoms with E-state index in [-0.39, 0.29) is 29.0 Å². The average Bonchev–Trinajstić information content (AvgIpc) is 2.93. The fourth-order valence-electron chi connectivity index (χ4n) is 2.92. The summed E-state index contributed by atoms with van der Waals surface area (Å²) in [6, 6.07) is 5.49. The third-order valence-electron chi connectivity index (χ3n) is 4.30. The van der Waals surface area contributed by atoms with Gasteiger partial charge in [0.25, 0.3) is 5.91 Å². The minimum Gasteiger partial charge on any atom is -0.452 e. The number of hydrogen-bond acceptors (Lipinski definition) is 5. The van der Waals surface area contributed by atoms with Gasteiger partial charge in [-0.1, -0.05) is 37.7 Å². The zero-order valence-electron chi connectivity index (χ0n) is 15.1. The van der Waals surface area contributed by atoms with E-state index in [2.05, 4.69) is 16.0 Å². The molecule has 0 spiro atoms. The predicted octanol–water partition coefficient (Wildman–Crippen LogP) is 1.59. The lowest BCUT2D eigenvalue weighted by Crippen LogP contribution is -2.37. The fraction of sp³-hybridized carbons (Fsp3) is 0.474. The molecule has 7 nitrogen and oxygen atoms in total. The number of carbonyl (C=O) groups is 2. The first-order valence-electron chi connectivity index (χ1n) is 8.92. The molecule has 0 aliphatic heterocycles. The number of nitrogens with one attached hydrogen (secondary N) is 2. The Morgan fingerprint density at radius 1 is 1.19 bits per heavy atom. The molecule has 1 aromatic carbocycles. The minimum atomic E-state index is -3.81. The second-order valence-electron chi connectivity index (χ2n) is 6.39. The molecule has 0 heterocycles. The van der Waals surface area contributed by atoms with Crippen LogP contribution in [0.5, 0.6) is 0 Å². The maximum Gasteiger partial charge on any atom is 0.338 e. The van der Waals surface area contributed by atoms with Gasteiger partial charge in [-0.2, -0.15) is 4.72 Å². The summed E-state index contributed by atoms with van der Waals surface area (Å²) in [7, 11) is -3.81. The Morgan fingerprint density at radius 2 is 1.89 bits per heavy atom. The van der Waals surface area contributed by atoms with Crippen molar-refractivity contribution in [1.29, 1.82) is 0 Å².